The fourth-order valence-corrected chi connectivity index (χ4v) is 1.78. The Balaban J connectivity index is 2.62. The molecule has 0 saturated heterocycles. The zero-order valence-corrected chi connectivity index (χ0v) is 13.8. The third-order valence-electron chi connectivity index (χ3n) is 3.04. The monoisotopic (exact) mass is 324 g/mol. The Bertz CT molecular complexity index is 473. The fourth-order valence-electron chi connectivity index (χ4n) is 1.78. The number of benzene rings is 1. The van der Waals surface area contributed by atoms with Crippen molar-refractivity contribution in [1.82, 2.24) is 0 Å². The second-order valence-electron chi connectivity index (χ2n) is 4.83. The lowest BCUT2D eigenvalue weighted by molar-refractivity contribution is -0.213. The highest BCUT2D eigenvalue weighted by Crippen LogP contribution is 2.11. The molecule has 0 aliphatic rings. The molecule has 0 fully saturated rings. The fraction of sp³-hybridized carbons (Fsp3) is 0.529. The summed E-state index contributed by atoms with van der Waals surface area (Å²) in [6, 6.07) is 9.60. The van der Waals surface area contributed by atoms with Crippen molar-refractivity contribution in [2.75, 3.05) is 13.7 Å². The van der Waals surface area contributed by atoms with Crippen LogP contribution in [0.4, 0.5) is 0 Å². The van der Waals surface area contributed by atoms with Crippen LogP contribution in [-0.4, -0.2) is 38.0 Å². The van der Waals surface area contributed by atoms with Crippen molar-refractivity contribution in [3.05, 3.63) is 35.9 Å². The van der Waals surface area contributed by atoms with Gasteiger partial charge in [0.05, 0.1) is 13.2 Å². The maximum absolute atomic E-state index is 11.6. The van der Waals surface area contributed by atoms with E-state index >= 15 is 0 Å². The highest BCUT2D eigenvalue weighted by Gasteiger charge is 2.28. The summed E-state index contributed by atoms with van der Waals surface area (Å²) >= 11 is 0. The van der Waals surface area contributed by atoms with Gasteiger partial charge in [0.2, 0.25) is 6.29 Å². The van der Waals surface area contributed by atoms with Gasteiger partial charge in [0.25, 0.3) is 0 Å². The first kappa shape index (κ1) is 19.1. The van der Waals surface area contributed by atoms with E-state index in [0.717, 1.165) is 5.56 Å². The van der Waals surface area contributed by atoms with Crippen molar-refractivity contribution in [2.24, 2.45) is 0 Å². The minimum absolute atomic E-state index is 0.0656. The number of hydrogen-bond donors (Lipinski definition) is 0. The van der Waals surface area contributed by atoms with E-state index in [-0.39, 0.29) is 19.4 Å². The van der Waals surface area contributed by atoms with Gasteiger partial charge in [-0.15, -0.1) is 0 Å². The number of carbonyl (C=O) groups is 2. The first-order chi connectivity index (χ1) is 11.1. The zero-order valence-electron chi connectivity index (χ0n) is 13.8. The van der Waals surface area contributed by atoms with Gasteiger partial charge in [-0.3, -0.25) is 9.59 Å². The highest BCUT2D eigenvalue weighted by atomic mass is 16.7. The van der Waals surface area contributed by atoms with Crippen molar-refractivity contribution in [1.29, 1.82) is 0 Å². The van der Waals surface area contributed by atoms with Crippen molar-refractivity contribution in [3.63, 3.8) is 0 Å². The SMILES string of the molecule is CCC(=O)OC(COCc1ccccc1)C(OC)OC(=O)CC. The molecule has 6 nitrogen and oxygen atoms in total. The van der Waals surface area contributed by atoms with E-state index in [0.29, 0.717) is 6.61 Å². The summed E-state index contributed by atoms with van der Waals surface area (Å²) in [6.45, 7) is 3.79. The molecule has 0 bridgehead atoms. The van der Waals surface area contributed by atoms with Crippen LogP contribution in [0.5, 0.6) is 0 Å². The molecule has 128 valence electrons. The topological polar surface area (TPSA) is 71.1 Å². The van der Waals surface area contributed by atoms with Gasteiger partial charge in [-0.25, -0.2) is 0 Å². The molecule has 2 unspecified atom stereocenters. The van der Waals surface area contributed by atoms with Crippen LogP contribution in [0, 0.1) is 0 Å². The Morgan fingerprint density at radius 1 is 1.00 bits per heavy atom. The number of hydrogen-bond acceptors (Lipinski definition) is 6. The van der Waals surface area contributed by atoms with Crippen LogP contribution < -0.4 is 0 Å². The largest absolute Gasteiger partial charge is 0.453 e. The molecule has 0 saturated carbocycles. The van der Waals surface area contributed by atoms with Crippen LogP contribution in [0.15, 0.2) is 30.3 Å². The summed E-state index contributed by atoms with van der Waals surface area (Å²) < 4.78 is 21.1. The first-order valence-corrected chi connectivity index (χ1v) is 7.64. The maximum atomic E-state index is 11.6. The standard InChI is InChI=1S/C17H24O6/c1-4-15(18)22-14(17(20-3)23-16(19)5-2)12-21-11-13-9-7-6-8-10-13/h6-10,14,17H,4-5,11-12H2,1-3H3. The third-order valence-corrected chi connectivity index (χ3v) is 3.04. The molecule has 0 N–H and O–H groups in total. The van der Waals surface area contributed by atoms with Crippen LogP contribution in [0.25, 0.3) is 0 Å². The second-order valence-corrected chi connectivity index (χ2v) is 4.83. The molecule has 0 amide bonds. The van der Waals surface area contributed by atoms with Gasteiger partial charge in [-0.2, -0.15) is 0 Å². The molecule has 1 aromatic carbocycles. The second kappa shape index (κ2) is 10.7. The molecule has 0 aromatic heterocycles. The Labute approximate surface area is 136 Å². The lowest BCUT2D eigenvalue weighted by Gasteiger charge is -2.25. The summed E-state index contributed by atoms with van der Waals surface area (Å²) in [5.74, 6) is -0.842. The molecular formula is C17H24O6. The average Bonchev–Trinajstić information content (AvgIpc) is 2.59. The van der Waals surface area contributed by atoms with E-state index < -0.39 is 24.3 Å². The van der Waals surface area contributed by atoms with Gasteiger partial charge in [-0.1, -0.05) is 44.2 Å². The van der Waals surface area contributed by atoms with Gasteiger partial charge in [0, 0.05) is 20.0 Å². The molecule has 2 atom stereocenters. The van der Waals surface area contributed by atoms with Crippen LogP contribution in [0.2, 0.25) is 0 Å². The van der Waals surface area contributed by atoms with Crippen molar-refractivity contribution >= 4 is 11.9 Å². The van der Waals surface area contributed by atoms with Gasteiger partial charge in [0.15, 0.2) is 6.10 Å². The molecule has 0 spiro atoms. The van der Waals surface area contributed by atoms with Crippen LogP contribution >= 0.6 is 0 Å². The summed E-state index contributed by atoms with van der Waals surface area (Å²) in [7, 11) is 1.39. The smallest absolute Gasteiger partial charge is 0.307 e. The van der Waals surface area contributed by atoms with Crippen LogP contribution in [0.1, 0.15) is 32.3 Å². The Morgan fingerprint density at radius 2 is 1.61 bits per heavy atom. The summed E-state index contributed by atoms with van der Waals surface area (Å²) in [5, 5.41) is 0. The van der Waals surface area contributed by atoms with E-state index in [4.69, 9.17) is 18.9 Å². The molecule has 1 aromatic rings. The molecule has 0 heterocycles. The van der Waals surface area contributed by atoms with E-state index in [1.807, 2.05) is 30.3 Å². The van der Waals surface area contributed by atoms with Crippen molar-refractivity contribution < 1.29 is 28.5 Å². The molecule has 1 rings (SSSR count). The lowest BCUT2D eigenvalue weighted by Crippen LogP contribution is -2.39. The quantitative estimate of drug-likeness (QED) is 0.486. The number of rotatable bonds is 10. The minimum Gasteiger partial charge on any atom is -0.453 e. The summed E-state index contributed by atoms with van der Waals surface area (Å²) in [4.78, 5) is 23.0. The molecule has 0 aliphatic heterocycles. The van der Waals surface area contributed by atoms with Gasteiger partial charge in [0.1, 0.15) is 0 Å². The predicted molar refractivity (Wildman–Crippen MR) is 83.4 cm³/mol. The molecule has 0 aliphatic carbocycles. The molecular weight excluding hydrogens is 300 g/mol. The zero-order chi connectivity index (χ0) is 17.1. The molecule has 23 heavy (non-hydrogen) atoms. The number of carbonyl (C=O) groups excluding carboxylic acids is 2. The van der Waals surface area contributed by atoms with E-state index in [1.165, 1.54) is 7.11 Å². The number of esters is 2. The summed E-state index contributed by atoms with van der Waals surface area (Å²) in [6.07, 6.45) is -1.38. The summed E-state index contributed by atoms with van der Waals surface area (Å²) in [5.41, 5.74) is 0.993. The van der Waals surface area contributed by atoms with Crippen molar-refractivity contribution in [2.45, 2.75) is 45.7 Å². The highest BCUT2D eigenvalue weighted by molar-refractivity contribution is 5.70. The van der Waals surface area contributed by atoms with Crippen LogP contribution in [0.3, 0.4) is 0 Å². The predicted octanol–water partition coefficient (Wildman–Crippen LogP) is 2.45. The normalized spacial score (nSPS) is 13.2. The number of ether oxygens (including phenoxy) is 4. The molecule has 6 heteroatoms. The Kier molecular flexibility index (Phi) is 8.94. The Hall–Kier alpha value is -1.92. The van der Waals surface area contributed by atoms with E-state index in [2.05, 4.69) is 0 Å². The lowest BCUT2D eigenvalue weighted by atomic mass is 10.2. The minimum atomic E-state index is -0.992. The van der Waals surface area contributed by atoms with Gasteiger partial charge in [-0.05, 0) is 5.56 Å². The Morgan fingerprint density at radius 3 is 2.17 bits per heavy atom. The van der Waals surface area contributed by atoms with Crippen LogP contribution in [-0.2, 0) is 35.1 Å². The van der Waals surface area contributed by atoms with Gasteiger partial charge < -0.3 is 18.9 Å². The van der Waals surface area contributed by atoms with E-state index in [9.17, 15) is 9.59 Å². The maximum Gasteiger partial charge on any atom is 0.307 e. The van der Waals surface area contributed by atoms with Crippen molar-refractivity contribution in [3.8, 4) is 0 Å². The molecule has 0 radical (unpaired) electrons. The third kappa shape index (κ3) is 7.25. The van der Waals surface area contributed by atoms with Gasteiger partial charge >= 0.3 is 11.9 Å². The average molecular weight is 324 g/mol. The first-order valence-electron chi connectivity index (χ1n) is 7.64. The van der Waals surface area contributed by atoms with E-state index in [1.54, 1.807) is 13.8 Å². The number of methoxy groups -OCH3 is 1.